The molecule has 31 heavy (non-hydrogen) atoms. The van der Waals surface area contributed by atoms with E-state index in [0.717, 1.165) is 32.9 Å². The van der Waals surface area contributed by atoms with E-state index in [9.17, 15) is 14.4 Å². The Labute approximate surface area is 182 Å². The third-order valence-electron chi connectivity index (χ3n) is 5.11. The van der Waals surface area contributed by atoms with Crippen LogP contribution in [0.1, 0.15) is 42.0 Å². The van der Waals surface area contributed by atoms with Gasteiger partial charge in [-0.15, -0.1) is 0 Å². The van der Waals surface area contributed by atoms with E-state index < -0.39 is 17.8 Å². The molecule has 1 aliphatic heterocycles. The van der Waals surface area contributed by atoms with Crippen molar-refractivity contribution >= 4 is 29.6 Å². The minimum Gasteiger partial charge on any atom is -0.496 e. The number of hydrogen-bond acceptors (Lipinski definition) is 4. The Kier molecular flexibility index (Phi) is 6.44. The molecule has 2 aromatic rings. The summed E-state index contributed by atoms with van der Waals surface area (Å²) in [6.07, 6.45) is 1.64. The largest absolute Gasteiger partial charge is 0.496 e. The molecule has 0 saturated carbocycles. The molecule has 0 aromatic heterocycles. The molecule has 0 aliphatic carbocycles. The minimum atomic E-state index is -0.620. The molecule has 1 heterocycles. The van der Waals surface area contributed by atoms with Gasteiger partial charge in [-0.05, 0) is 72.4 Å². The van der Waals surface area contributed by atoms with Crippen LogP contribution < -0.4 is 15.4 Å². The molecule has 7 heteroatoms. The predicted molar refractivity (Wildman–Crippen MR) is 120 cm³/mol. The zero-order chi connectivity index (χ0) is 22.7. The van der Waals surface area contributed by atoms with E-state index >= 15 is 0 Å². The standard InChI is InChI=1S/C24H27N3O4/c1-14(2)19-11-17(16(4)10-21(19)31-5)12-20-23(29)27(24(30)26-20)13-22(28)25-18-8-6-7-15(3)9-18/h6-12,14H,13H2,1-5H3,(H,25,28)(H,26,30). The normalized spacial score (nSPS) is 14.9. The monoisotopic (exact) mass is 421 g/mol. The molecule has 3 rings (SSSR count). The summed E-state index contributed by atoms with van der Waals surface area (Å²) in [5.41, 5.74) is 4.46. The van der Waals surface area contributed by atoms with Crippen LogP contribution in [-0.2, 0) is 9.59 Å². The molecule has 4 amide bonds. The molecule has 1 fully saturated rings. The van der Waals surface area contributed by atoms with Gasteiger partial charge < -0.3 is 15.4 Å². The SMILES string of the molecule is COc1cc(C)c(C=C2NC(=O)N(CC(=O)Nc3cccc(C)c3)C2=O)cc1C(C)C. The number of methoxy groups -OCH3 is 1. The zero-order valence-corrected chi connectivity index (χ0v) is 18.4. The fourth-order valence-electron chi connectivity index (χ4n) is 3.44. The number of urea groups is 1. The van der Waals surface area contributed by atoms with Crippen LogP contribution in [0.25, 0.3) is 6.08 Å². The van der Waals surface area contributed by atoms with Gasteiger partial charge in [0.2, 0.25) is 5.91 Å². The van der Waals surface area contributed by atoms with Crippen LogP contribution in [0, 0.1) is 13.8 Å². The van der Waals surface area contributed by atoms with Crippen molar-refractivity contribution in [1.82, 2.24) is 10.2 Å². The van der Waals surface area contributed by atoms with Crippen LogP contribution in [0.5, 0.6) is 5.75 Å². The van der Waals surface area contributed by atoms with Gasteiger partial charge in [0.25, 0.3) is 5.91 Å². The highest BCUT2D eigenvalue weighted by Crippen LogP contribution is 2.31. The van der Waals surface area contributed by atoms with E-state index in [0.29, 0.717) is 5.69 Å². The average Bonchev–Trinajstić information content (AvgIpc) is 2.96. The quantitative estimate of drug-likeness (QED) is 0.546. The second kappa shape index (κ2) is 9.04. The molecule has 1 aliphatic rings. The minimum absolute atomic E-state index is 0.135. The molecule has 0 bridgehead atoms. The van der Waals surface area contributed by atoms with Crippen molar-refractivity contribution in [3.8, 4) is 5.75 Å². The predicted octanol–water partition coefficient (Wildman–Crippen LogP) is 3.97. The van der Waals surface area contributed by atoms with Gasteiger partial charge in [0, 0.05) is 5.69 Å². The lowest BCUT2D eigenvalue weighted by molar-refractivity contribution is -0.127. The number of anilines is 1. The first-order valence-electron chi connectivity index (χ1n) is 10.1. The number of nitrogens with one attached hydrogen (secondary N) is 2. The lowest BCUT2D eigenvalue weighted by Crippen LogP contribution is -2.38. The van der Waals surface area contributed by atoms with Crippen molar-refractivity contribution in [2.75, 3.05) is 19.0 Å². The van der Waals surface area contributed by atoms with E-state index in [2.05, 4.69) is 24.5 Å². The van der Waals surface area contributed by atoms with E-state index in [4.69, 9.17) is 4.74 Å². The summed E-state index contributed by atoms with van der Waals surface area (Å²) in [4.78, 5) is 38.4. The first kappa shape index (κ1) is 22.1. The van der Waals surface area contributed by atoms with Crippen molar-refractivity contribution in [2.45, 2.75) is 33.6 Å². The van der Waals surface area contributed by atoms with Gasteiger partial charge in [0.05, 0.1) is 7.11 Å². The zero-order valence-electron chi connectivity index (χ0n) is 18.4. The maximum absolute atomic E-state index is 12.8. The Morgan fingerprint density at radius 2 is 1.94 bits per heavy atom. The van der Waals surface area contributed by atoms with Gasteiger partial charge in [-0.1, -0.05) is 26.0 Å². The second-order valence-electron chi connectivity index (χ2n) is 7.90. The summed E-state index contributed by atoms with van der Waals surface area (Å²) in [6, 6.07) is 10.5. The van der Waals surface area contributed by atoms with Crippen molar-refractivity contribution in [3.63, 3.8) is 0 Å². The Morgan fingerprint density at radius 1 is 1.19 bits per heavy atom. The molecule has 7 nitrogen and oxygen atoms in total. The highest BCUT2D eigenvalue weighted by atomic mass is 16.5. The summed E-state index contributed by atoms with van der Waals surface area (Å²) < 4.78 is 5.46. The molecule has 0 spiro atoms. The molecule has 0 atom stereocenters. The third-order valence-corrected chi connectivity index (χ3v) is 5.11. The van der Waals surface area contributed by atoms with Crippen molar-refractivity contribution in [3.05, 3.63) is 64.3 Å². The number of nitrogens with zero attached hydrogens (tertiary/aromatic N) is 1. The van der Waals surface area contributed by atoms with Crippen LogP contribution in [0.4, 0.5) is 10.5 Å². The van der Waals surface area contributed by atoms with Crippen LogP contribution in [0.15, 0.2) is 42.1 Å². The van der Waals surface area contributed by atoms with E-state index in [1.165, 1.54) is 0 Å². The number of rotatable bonds is 6. The van der Waals surface area contributed by atoms with Crippen LogP contribution in [0.2, 0.25) is 0 Å². The highest BCUT2D eigenvalue weighted by Gasteiger charge is 2.35. The molecule has 0 radical (unpaired) electrons. The number of hydrogen-bond donors (Lipinski definition) is 2. The van der Waals surface area contributed by atoms with E-state index in [-0.39, 0.29) is 18.2 Å². The number of amides is 4. The van der Waals surface area contributed by atoms with Crippen LogP contribution in [0.3, 0.4) is 0 Å². The van der Waals surface area contributed by atoms with Gasteiger partial charge in [-0.3, -0.25) is 9.59 Å². The van der Waals surface area contributed by atoms with Gasteiger partial charge in [0.15, 0.2) is 0 Å². The maximum atomic E-state index is 12.8. The van der Waals surface area contributed by atoms with Gasteiger partial charge in [-0.25, -0.2) is 9.69 Å². The number of aryl methyl sites for hydroxylation is 2. The first-order valence-corrected chi connectivity index (χ1v) is 10.1. The van der Waals surface area contributed by atoms with Crippen LogP contribution in [-0.4, -0.2) is 36.4 Å². The fraction of sp³-hybridized carbons (Fsp3) is 0.292. The topological polar surface area (TPSA) is 87.7 Å². The molecule has 2 aromatic carbocycles. The molecular weight excluding hydrogens is 394 g/mol. The smallest absolute Gasteiger partial charge is 0.329 e. The molecular formula is C24H27N3O4. The van der Waals surface area contributed by atoms with Gasteiger partial charge in [-0.2, -0.15) is 0 Å². The Bertz CT molecular complexity index is 1070. The number of carbonyl (C=O) groups is 3. The Balaban J connectivity index is 1.79. The van der Waals surface area contributed by atoms with Gasteiger partial charge in [0.1, 0.15) is 18.0 Å². The lowest BCUT2D eigenvalue weighted by atomic mass is 9.96. The summed E-state index contributed by atoms with van der Waals surface area (Å²) in [5, 5.41) is 5.28. The average molecular weight is 421 g/mol. The summed E-state index contributed by atoms with van der Waals surface area (Å²) in [7, 11) is 1.62. The number of benzene rings is 2. The van der Waals surface area contributed by atoms with Crippen molar-refractivity contribution in [1.29, 1.82) is 0 Å². The van der Waals surface area contributed by atoms with Crippen molar-refractivity contribution in [2.24, 2.45) is 0 Å². The van der Waals surface area contributed by atoms with Crippen molar-refractivity contribution < 1.29 is 19.1 Å². The van der Waals surface area contributed by atoms with E-state index in [1.54, 1.807) is 19.3 Å². The first-order chi connectivity index (χ1) is 14.7. The fourth-order valence-corrected chi connectivity index (χ4v) is 3.44. The number of ether oxygens (including phenoxy) is 1. The summed E-state index contributed by atoms with van der Waals surface area (Å²) >= 11 is 0. The molecule has 1 saturated heterocycles. The number of imide groups is 1. The van der Waals surface area contributed by atoms with Gasteiger partial charge >= 0.3 is 6.03 Å². The molecule has 0 unspecified atom stereocenters. The summed E-state index contributed by atoms with van der Waals surface area (Å²) in [5.74, 6) is 0.0260. The van der Waals surface area contributed by atoms with E-state index in [1.807, 2.05) is 44.2 Å². The Morgan fingerprint density at radius 3 is 2.58 bits per heavy atom. The molecule has 162 valence electrons. The second-order valence-corrected chi connectivity index (χ2v) is 7.90. The van der Waals surface area contributed by atoms with Crippen LogP contribution >= 0.6 is 0 Å². The number of carbonyl (C=O) groups excluding carboxylic acids is 3. The summed E-state index contributed by atoms with van der Waals surface area (Å²) in [6.45, 7) is 7.57. The highest BCUT2D eigenvalue weighted by molar-refractivity contribution is 6.16. The third kappa shape index (κ3) is 4.94. The lowest BCUT2D eigenvalue weighted by Gasteiger charge is -2.15. The molecule has 2 N–H and O–H groups in total. The maximum Gasteiger partial charge on any atom is 0.329 e. The Hall–Kier alpha value is -3.61.